The molecule has 2 heterocycles. The highest BCUT2D eigenvalue weighted by Gasteiger charge is 2.35. The molecule has 0 spiro atoms. The molecule has 2 aromatic carbocycles. The minimum absolute atomic E-state index is 0.0254. The molecule has 9 nitrogen and oxygen atoms in total. The summed E-state index contributed by atoms with van der Waals surface area (Å²) in [6.07, 6.45) is 0.285. The fourth-order valence-electron chi connectivity index (χ4n) is 4.64. The molecule has 0 fully saturated rings. The van der Waals surface area contributed by atoms with Crippen LogP contribution in [0.5, 0.6) is 0 Å². The Morgan fingerprint density at radius 1 is 1.10 bits per heavy atom. The summed E-state index contributed by atoms with van der Waals surface area (Å²) in [5.74, 6) is 0.239. The van der Waals surface area contributed by atoms with Crippen LogP contribution in [0.3, 0.4) is 0 Å². The van der Waals surface area contributed by atoms with E-state index in [0.717, 1.165) is 11.1 Å². The van der Waals surface area contributed by atoms with Gasteiger partial charge in [-0.25, -0.2) is 8.42 Å². The highest BCUT2D eigenvalue weighted by Crippen LogP contribution is 2.32. The normalized spacial score (nSPS) is 13.1. The number of nitrogens with zero attached hydrogens (tertiary/aromatic N) is 5. The van der Waals surface area contributed by atoms with E-state index < -0.39 is 16.1 Å². The van der Waals surface area contributed by atoms with Gasteiger partial charge in [-0.1, -0.05) is 75.3 Å². The average Bonchev–Trinajstić information content (AvgIpc) is 3.28. The number of benzene rings is 2. The van der Waals surface area contributed by atoms with Gasteiger partial charge in [0.15, 0.2) is 0 Å². The highest BCUT2D eigenvalue weighted by molar-refractivity contribution is 7.89. The minimum Gasteiger partial charge on any atom is -0.335 e. The van der Waals surface area contributed by atoms with Crippen LogP contribution < -0.4 is 5.56 Å². The molecule has 10 heteroatoms. The molecule has 0 aliphatic rings. The van der Waals surface area contributed by atoms with E-state index in [2.05, 4.69) is 37.0 Å². The first-order valence-corrected chi connectivity index (χ1v) is 14.3. The molecule has 0 amide bonds. The summed E-state index contributed by atoms with van der Waals surface area (Å²) in [4.78, 5) is 18.5. The maximum absolute atomic E-state index is 14.1. The van der Waals surface area contributed by atoms with Crippen LogP contribution in [0.25, 0.3) is 11.1 Å². The van der Waals surface area contributed by atoms with Crippen LogP contribution in [-0.4, -0.2) is 34.0 Å². The van der Waals surface area contributed by atoms with Gasteiger partial charge in [-0.15, -0.1) is 0 Å². The van der Waals surface area contributed by atoms with E-state index in [0.29, 0.717) is 12.1 Å². The molecule has 4 rings (SSSR count). The summed E-state index contributed by atoms with van der Waals surface area (Å²) < 4.78 is 36.2. The predicted molar refractivity (Wildman–Crippen MR) is 149 cm³/mol. The zero-order chi connectivity index (χ0) is 28.4. The van der Waals surface area contributed by atoms with Crippen molar-refractivity contribution < 1.29 is 12.9 Å². The molecule has 0 saturated heterocycles. The van der Waals surface area contributed by atoms with Gasteiger partial charge in [0.1, 0.15) is 11.2 Å². The van der Waals surface area contributed by atoms with Gasteiger partial charge in [-0.2, -0.15) is 14.6 Å². The Bertz CT molecular complexity index is 1660. The first-order valence-electron chi connectivity index (χ1n) is 12.9. The molecule has 0 N–H and O–H groups in total. The molecule has 39 heavy (non-hydrogen) atoms. The Kier molecular flexibility index (Phi) is 8.04. The zero-order valence-corrected chi connectivity index (χ0v) is 23.7. The maximum Gasteiger partial charge on any atom is 0.267 e. The number of nitriles is 1. The van der Waals surface area contributed by atoms with Gasteiger partial charge in [-0.3, -0.25) is 9.36 Å². The van der Waals surface area contributed by atoms with E-state index in [9.17, 15) is 18.5 Å². The van der Waals surface area contributed by atoms with Gasteiger partial charge in [0.2, 0.25) is 10.0 Å². The minimum atomic E-state index is -4.06. The molecule has 0 aliphatic heterocycles. The molecule has 4 aromatic rings. The van der Waals surface area contributed by atoms with Crippen LogP contribution in [0.4, 0.5) is 0 Å². The first kappa shape index (κ1) is 28.2. The summed E-state index contributed by atoms with van der Waals surface area (Å²) in [5.41, 5.74) is 1.83. The number of aromatic nitrogens is 3. The maximum atomic E-state index is 14.1. The molecule has 2 aromatic heterocycles. The van der Waals surface area contributed by atoms with Crippen molar-refractivity contribution in [3.05, 3.63) is 87.6 Å². The lowest BCUT2D eigenvalue weighted by molar-refractivity contribution is 0.299. The molecule has 1 atom stereocenters. The van der Waals surface area contributed by atoms with Crippen LogP contribution in [-0.2, 0) is 22.0 Å². The van der Waals surface area contributed by atoms with Crippen LogP contribution in [0.2, 0.25) is 0 Å². The number of aryl methyl sites for hydroxylation is 1. The van der Waals surface area contributed by atoms with Crippen molar-refractivity contribution in [2.75, 3.05) is 6.54 Å². The number of fused-ring (bicyclic) bond motifs is 1. The van der Waals surface area contributed by atoms with Crippen LogP contribution in [0.1, 0.15) is 69.2 Å². The molecular weight excluding hydrogens is 514 g/mol. The summed E-state index contributed by atoms with van der Waals surface area (Å²) in [5, 5.41) is 13.6. The monoisotopic (exact) mass is 547 g/mol. The van der Waals surface area contributed by atoms with Crippen molar-refractivity contribution in [2.45, 2.75) is 70.4 Å². The van der Waals surface area contributed by atoms with E-state index in [-0.39, 0.29) is 52.3 Å². The second-order valence-electron chi connectivity index (χ2n) is 10.5. The zero-order valence-electron chi connectivity index (χ0n) is 22.9. The Labute approximate surface area is 228 Å². The second kappa shape index (κ2) is 11.1. The van der Waals surface area contributed by atoms with Crippen molar-refractivity contribution in [3.63, 3.8) is 0 Å². The van der Waals surface area contributed by atoms with Crippen molar-refractivity contribution in [3.8, 4) is 6.07 Å². The molecule has 0 saturated carbocycles. The predicted octanol–water partition coefficient (Wildman–Crippen LogP) is 5.09. The molecular formula is C29H33N5O4S. The van der Waals surface area contributed by atoms with Crippen molar-refractivity contribution >= 4 is 21.1 Å². The third-order valence-electron chi connectivity index (χ3n) is 6.78. The second-order valence-corrected chi connectivity index (χ2v) is 12.4. The number of hydrogen-bond acceptors (Lipinski definition) is 7. The van der Waals surface area contributed by atoms with E-state index in [1.54, 1.807) is 19.1 Å². The topological polar surface area (TPSA) is 122 Å². The third-order valence-corrected chi connectivity index (χ3v) is 8.71. The highest BCUT2D eigenvalue weighted by atomic mass is 32.2. The van der Waals surface area contributed by atoms with Crippen LogP contribution >= 0.6 is 0 Å². The SMILES string of the molecule is CCC(c1nc2onc(C)c2c(=O)n1Cc1ccccc1)N(CCC#N)S(=O)(=O)c1ccc(C(C)(C)C)cc1. The third kappa shape index (κ3) is 5.65. The van der Waals surface area contributed by atoms with Crippen molar-refractivity contribution in [1.82, 2.24) is 19.0 Å². The van der Waals surface area contributed by atoms with E-state index in [1.807, 2.05) is 49.4 Å². The molecule has 0 aliphatic carbocycles. The number of rotatable bonds is 9. The molecule has 204 valence electrons. The summed E-state index contributed by atoms with van der Waals surface area (Å²) in [6.45, 7) is 9.80. The van der Waals surface area contributed by atoms with Gasteiger partial charge >= 0.3 is 0 Å². The molecule has 1 unspecified atom stereocenters. The van der Waals surface area contributed by atoms with E-state index in [4.69, 9.17) is 4.52 Å². The lowest BCUT2D eigenvalue weighted by Crippen LogP contribution is -2.39. The van der Waals surface area contributed by atoms with Gasteiger partial charge in [0.25, 0.3) is 11.3 Å². The van der Waals surface area contributed by atoms with Gasteiger partial charge < -0.3 is 4.52 Å². The smallest absolute Gasteiger partial charge is 0.267 e. The van der Waals surface area contributed by atoms with E-state index >= 15 is 0 Å². The molecule has 0 radical (unpaired) electrons. The van der Waals surface area contributed by atoms with Gasteiger partial charge in [0.05, 0.1) is 29.2 Å². The Morgan fingerprint density at radius 2 is 1.77 bits per heavy atom. The first-order chi connectivity index (χ1) is 18.5. The fraction of sp³-hybridized carbons (Fsp3) is 0.379. The lowest BCUT2D eigenvalue weighted by atomic mass is 9.87. The summed E-state index contributed by atoms with van der Waals surface area (Å²) in [6, 6.07) is 17.4. The van der Waals surface area contributed by atoms with Crippen molar-refractivity contribution in [2.24, 2.45) is 0 Å². The van der Waals surface area contributed by atoms with Gasteiger partial charge in [0, 0.05) is 13.0 Å². The average molecular weight is 548 g/mol. The molecule has 0 bridgehead atoms. The van der Waals surface area contributed by atoms with E-state index in [1.165, 1.54) is 8.87 Å². The lowest BCUT2D eigenvalue weighted by Gasteiger charge is -2.31. The summed E-state index contributed by atoms with van der Waals surface area (Å²) in [7, 11) is -4.06. The quantitative estimate of drug-likeness (QED) is 0.286. The van der Waals surface area contributed by atoms with Crippen LogP contribution in [0, 0.1) is 18.3 Å². The Morgan fingerprint density at radius 3 is 2.36 bits per heavy atom. The Balaban J connectivity index is 1.90. The summed E-state index contributed by atoms with van der Waals surface area (Å²) >= 11 is 0. The standard InChI is InChI=1S/C29H33N5O4S/c1-6-24(34(18-10-17-30)39(36,37)23-15-13-22(14-16-23)29(3,4)5)26-31-27-25(20(2)32-38-27)28(35)33(26)19-21-11-8-7-9-12-21/h7-9,11-16,24H,6,10,18-19H2,1-5H3. The number of sulfonamides is 1. The van der Waals surface area contributed by atoms with Crippen LogP contribution in [0.15, 0.2) is 68.8 Å². The fourth-order valence-corrected chi connectivity index (χ4v) is 6.30. The Hall–Kier alpha value is -3.81. The largest absolute Gasteiger partial charge is 0.335 e. The van der Waals surface area contributed by atoms with Crippen molar-refractivity contribution in [1.29, 1.82) is 5.26 Å². The van der Waals surface area contributed by atoms with Gasteiger partial charge in [-0.05, 0) is 42.0 Å². The number of hydrogen-bond donors (Lipinski definition) is 0.